The number of aromatic nitrogens is 3. The van der Waals surface area contributed by atoms with Gasteiger partial charge in [0, 0.05) is 43.7 Å². The molecule has 0 aliphatic carbocycles. The van der Waals surface area contributed by atoms with Crippen LogP contribution in [0.4, 0.5) is 5.82 Å². The highest BCUT2D eigenvalue weighted by Gasteiger charge is 2.18. The smallest absolute Gasteiger partial charge is 0.224 e. The predicted molar refractivity (Wildman–Crippen MR) is 144 cm³/mol. The molecule has 3 aromatic heterocycles. The van der Waals surface area contributed by atoms with Crippen LogP contribution in [-0.4, -0.2) is 39.9 Å². The molecule has 0 spiro atoms. The monoisotopic (exact) mass is 498 g/mol. The Morgan fingerprint density at radius 1 is 1.00 bits per heavy atom. The summed E-state index contributed by atoms with van der Waals surface area (Å²) in [4.78, 5) is 46.1. The van der Waals surface area contributed by atoms with Crippen molar-refractivity contribution in [1.29, 1.82) is 0 Å². The molecule has 3 heterocycles. The van der Waals surface area contributed by atoms with Crippen molar-refractivity contribution in [1.82, 2.24) is 25.2 Å². The van der Waals surface area contributed by atoms with Gasteiger partial charge in [-0.05, 0) is 42.7 Å². The van der Waals surface area contributed by atoms with E-state index < -0.39 is 0 Å². The summed E-state index contributed by atoms with van der Waals surface area (Å²) in [6.45, 7) is 2.96. The molecule has 37 heavy (non-hydrogen) atoms. The lowest BCUT2D eigenvalue weighted by atomic mass is 10.0. The summed E-state index contributed by atoms with van der Waals surface area (Å²) in [5, 5.41) is 5.89. The zero-order chi connectivity index (χ0) is 26.4. The van der Waals surface area contributed by atoms with Crippen molar-refractivity contribution < 1.29 is 9.59 Å². The Kier molecular flexibility index (Phi) is 7.92. The zero-order valence-electron chi connectivity index (χ0n) is 21.0. The maximum Gasteiger partial charge on any atom is 0.224 e. The van der Waals surface area contributed by atoms with E-state index in [0.29, 0.717) is 29.8 Å². The standard InChI is InChI=1S/C28H30N6O3/c1-3-34-27(29)22(16-24(35)30-2)26(37)21-10-11-23(33-28(21)34)20-8-6-18(7-9-20)15-25(36)32-14-12-19-5-4-13-31-17-19/h4-11,13,17H,3,12,14-16,29H2,1-2H3,(H,30,35)(H,32,36). The third kappa shape index (κ3) is 5.83. The molecule has 4 N–H and O–H groups in total. The first kappa shape index (κ1) is 25.6. The van der Waals surface area contributed by atoms with Crippen LogP contribution in [0.5, 0.6) is 0 Å². The number of hydrogen-bond acceptors (Lipinski definition) is 6. The molecule has 1 aromatic carbocycles. The fraction of sp³-hybridized carbons (Fsp3) is 0.250. The van der Waals surface area contributed by atoms with Crippen LogP contribution in [0.15, 0.2) is 65.7 Å². The van der Waals surface area contributed by atoms with E-state index in [4.69, 9.17) is 10.7 Å². The Morgan fingerprint density at radius 3 is 2.46 bits per heavy atom. The second kappa shape index (κ2) is 11.5. The number of amides is 2. The summed E-state index contributed by atoms with van der Waals surface area (Å²) in [5.74, 6) is -0.0775. The molecule has 9 heteroatoms. The minimum absolute atomic E-state index is 0.0459. The van der Waals surface area contributed by atoms with Crippen LogP contribution in [0.1, 0.15) is 23.6 Å². The van der Waals surface area contributed by atoms with Crippen LogP contribution in [0.3, 0.4) is 0 Å². The SMILES string of the molecule is CCn1c(N)c(CC(=O)NC)c(=O)c2ccc(-c3ccc(CC(=O)NCCc4cccnc4)cc3)nc21. The van der Waals surface area contributed by atoms with Crippen molar-refractivity contribution in [3.63, 3.8) is 0 Å². The van der Waals surface area contributed by atoms with E-state index in [1.165, 1.54) is 7.05 Å². The molecule has 4 rings (SSSR count). The van der Waals surface area contributed by atoms with E-state index in [9.17, 15) is 14.4 Å². The third-order valence-electron chi connectivity index (χ3n) is 6.25. The van der Waals surface area contributed by atoms with E-state index >= 15 is 0 Å². The summed E-state index contributed by atoms with van der Waals surface area (Å²) < 4.78 is 1.75. The number of anilines is 1. The van der Waals surface area contributed by atoms with E-state index in [-0.39, 0.29) is 41.5 Å². The number of pyridine rings is 3. The molecule has 0 atom stereocenters. The van der Waals surface area contributed by atoms with Gasteiger partial charge in [0.15, 0.2) is 5.43 Å². The molecule has 0 aliphatic heterocycles. The number of hydrogen-bond donors (Lipinski definition) is 3. The highest BCUT2D eigenvalue weighted by atomic mass is 16.2. The Bertz CT molecular complexity index is 1480. The molecule has 0 aliphatic rings. The second-order valence-electron chi connectivity index (χ2n) is 8.69. The molecule has 9 nitrogen and oxygen atoms in total. The summed E-state index contributed by atoms with van der Waals surface area (Å²) in [7, 11) is 1.52. The quantitative estimate of drug-likeness (QED) is 0.324. The minimum Gasteiger partial charge on any atom is -0.385 e. The highest BCUT2D eigenvalue weighted by molar-refractivity contribution is 5.85. The minimum atomic E-state index is -0.287. The number of nitrogens with two attached hydrogens (primary N) is 1. The van der Waals surface area contributed by atoms with E-state index in [0.717, 1.165) is 23.1 Å². The number of likely N-dealkylation sites (N-methyl/N-ethyl adjacent to an activating group) is 1. The number of nitrogen functional groups attached to an aromatic ring is 1. The number of rotatable bonds is 9. The third-order valence-corrected chi connectivity index (χ3v) is 6.25. The van der Waals surface area contributed by atoms with Gasteiger partial charge in [0.1, 0.15) is 11.5 Å². The Morgan fingerprint density at radius 2 is 1.78 bits per heavy atom. The van der Waals surface area contributed by atoms with Crippen molar-refractivity contribution in [2.24, 2.45) is 0 Å². The lowest BCUT2D eigenvalue weighted by molar-refractivity contribution is -0.121. The largest absolute Gasteiger partial charge is 0.385 e. The van der Waals surface area contributed by atoms with Crippen molar-refractivity contribution in [3.8, 4) is 11.3 Å². The molecule has 0 saturated carbocycles. The lowest BCUT2D eigenvalue weighted by Crippen LogP contribution is -2.27. The lowest BCUT2D eigenvalue weighted by Gasteiger charge is -2.16. The van der Waals surface area contributed by atoms with Gasteiger partial charge in [0.2, 0.25) is 11.8 Å². The van der Waals surface area contributed by atoms with Crippen LogP contribution in [0.25, 0.3) is 22.3 Å². The Balaban J connectivity index is 1.50. The Labute approximate surface area is 214 Å². The second-order valence-corrected chi connectivity index (χ2v) is 8.69. The summed E-state index contributed by atoms with van der Waals surface area (Å²) in [5.41, 5.74) is 10.2. The van der Waals surface area contributed by atoms with Crippen molar-refractivity contribution in [2.75, 3.05) is 19.3 Å². The highest BCUT2D eigenvalue weighted by Crippen LogP contribution is 2.23. The average molecular weight is 499 g/mol. The van der Waals surface area contributed by atoms with E-state index in [1.807, 2.05) is 43.3 Å². The van der Waals surface area contributed by atoms with Crippen LogP contribution >= 0.6 is 0 Å². The van der Waals surface area contributed by atoms with Crippen LogP contribution in [0.2, 0.25) is 0 Å². The van der Waals surface area contributed by atoms with Crippen molar-refractivity contribution >= 4 is 28.7 Å². The predicted octanol–water partition coefficient (Wildman–Crippen LogP) is 2.25. The number of nitrogens with zero attached hydrogens (tertiary/aromatic N) is 3. The molecule has 0 bridgehead atoms. The van der Waals surface area contributed by atoms with Crippen molar-refractivity contribution in [3.05, 3.63) is 87.8 Å². The molecular weight excluding hydrogens is 468 g/mol. The van der Waals surface area contributed by atoms with Gasteiger partial charge in [0.25, 0.3) is 0 Å². The van der Waals surface area contributed by atoms with Gasteiger partial charge in [-0.3, -0.25) is 19.4 Å². The number of carbonyl (C=O) groups is 2. The van der Waals surface area contributed by atoms with Gasteiger partial charge in [-0.15, -0.1) is 0 Å². The summed E-state index contributed by atoms with van der Waals surface area (Å²) in [6, 6.07) is 15.0. The number of aryl methyl sites for hydroxylation is 1. The van der Waals surface area contributed by atoms with Gasteiger partial charge in [-0.25, -0.2) is 4.98 Å². The fourth-order valence-corrected chi connectivity index (χ4v) is 4.22. The molecule has 0 saturated heterocycles. The molecule has 0 fully saturated rings. The summed E-state index contributed by atoms with van der Waals surface area (Å²) >= 11 is 0. The van der Waals surface area contributed by atoms with Gasteiger partial charge in [-0.1, -0.05) is 30.3 Å². The van der Waals surface area contributed by atoms with Crippen LogP contribution in [0, 0.1) is 0 Å². The zero-order valence-corrected chi connectivity index (χ0v) is 21.0. The maximum absolute atomic E-state index is 13.1. The van der Waals surface area contributed by atoms with Crippen molar-refractivity contribution in [2.45, 2.75) is 32.7 Å². The molecule has 0 radical (unpaired) electrons. The maximum atomic E-state index is 13.1. The van der Waals surface area contributed by atoms with Crippen LogP contribution in [-0.2, 0) is 35.4 Å². The molecular formula is C28H30N6O3. The molecule has 4 aromatic rings. The Hall–Kier alpha value is -4.53. The topological polar surface area (TPSA) is 132 Å². The van der Waals surface area contributed by atoms with Gasteiger partial charge >= 0.3 is 0 Å². The first-order valence-corrected chi connectivity index (χ1v) is 12.2. The number of benzene rings is 1. The van der Waals surface area contributed by atoms with Gasteiger partial charge in [-0.2, -0.15) is 0 Å². The first-order chi connectivity index (χ1) is 17.9. The van der Waals surface area contributed by atoms with E-state index in [1.54, 1.807) is 29.1 Å². The van der Waals surface area contributed by atoms with Gasteiger partial charge < -0.3 is 20.9 Å². The fourth-order valence-electron chi connectivity index (χ4n) is 4.22. The van der Waals surface area contributed by atoms with E-state index in [2.05, 4.69) is 15.6 Å². The molecule has 190 valence electrons. The first-order valence-electron chi connectivity index (χ1n) is 12.2. The summed E-state index contributed by atoms with van der Waals surface area (Å²) in [6.07, 6.45) is 4.44. The number of fused-ring (bicyclic) bond motifs is 1. The number of carbonyl (C=O) groups excluding carboxylic acids is 2. The van der Waals surface area contributed by atoms with Gasteiger partial charge in [0.05, 0.1) is 23.9 Å². The molecule has 2 amide bonds. The average Bonchev–Trinajstić information content (AvgIpc) is 2.92. The molecule has 0 unspecified atom stereocenters. The van der Waals surface area contributed by atoms with Crippen LogP contribution < -0.4 is 21.8 Å². The number of nitrogens with one attached hydrogen (secondary N) is 2. The normalized spacial score (nSPS) is 10.9.